The second-order valence-corrected chi connectivity index (χ2v) is 4.78. The van der Waals surface area contributed by atoms with Gasteiger partial charge in [-0.15, -0.1) is 0 Å². The first kappa shape index (κ1) is 14.1. The van der Waals surface area contributed by atoms with Crippen molar-refractivity contribution in [2.45, 2.75) is 32.6 Å². The number of allylic oxidation sites excluding steroid dienone is 1. The van der Waals surface area contributed by atoms with E-state index in [9.17, 15) is 13.2 Å². The highest BCUT2D eigenvalue weighted by Crippen LogP contribution is 2.07. The number of carboxylic acid groups (broad SMARTS) is 1. The Bertz CT molecular complexity index is 328. The fraction of sp³-hybridized carbons (Fsp3) is 0.667. The summed E-state index contributed by atoms with van der Waals surface area (Å²) in [6.07, 6.45) is 3.30. The Hall–Kier alpha value is -0.880. The molecular weight excluding hydrogens is 220 g/mol. The average Bonchev–Trinajstić information content (AvgIpc) is 2.08. The molecule has 0 saturated heterocycles. The molecule has 0 aliphatic heterocycles. The highest BCUT2D eigenvalue weighted by Gasteiger charge is 2.06. The second kappa shape index (κ2) is 6.58. The van der Waals surface area contributed by atoms with Crippen molar-refractivity contribution in [2.75, 3.05) is 5.75 Å². The molecule has 6 heteroatoms. The molecule has 0 saturated carbocycles. The van der Waals surface area contributed by atoms with E-state index < -0.39 is 16.1 Å². The molecule has 0 bridgehead atoms. The summed E-state index contributed by atoms with van der Waals surface area (Å²) >= 11 is 0. The smallest absolute Gasteiger partial charge is 0.331 e. The minimum absolute atomic E-state index is 0.235. The molecule has 0 amide bonds. The maximum Gasteiger partial charge on any atom is 0.331 e. The van der Waals surface area contributed by atoms with Gasteiger partial charge in [0.1, 0.15) is 0 Å². The third-order valence-electron chi connectivity index (χ3n) is 1.79. The van der Waals surface area contributed by atoms with Gasteiger partial charge in [-0.25, -0.2) is 4.79 Å². The zero-order valence-corrected chi connectivity index (χ0v) is 9.46. The van der Waals surface area contributed by atoms with Gasteiger partial charge in [0, 0.05) is 5.57 Å². The number of aliphatic carboxylic acids is 1. The van der Waals surface area contributed by atoms with Gasteiger partial charge in [-0.2, -0.15) is 8.42 Å². The second-order valence-electron chi connectivity index (χ2n) is 3.21. The van der Waals surface area contributed by atoms with E-state index in [-0.39, 0.29) is 12.2 Å². The lowest BCUT2D eigenvalue weighted by atomic mass is 10.1. The van der Waals surface area contributed by atoms with Gasteiger partial charge >= 0.3 is 5.97 Å². The van der Waals surface area contributed by atoms with Crippen molar-refractivity contribution in [3.05, 3.63) is 11.6 Å². The lowest BCUT2D eigenvalue weighted by Gasteiger charge is -1.99. The summed E-state index contributed by atoms with van der Waals surface area (Å²) < 4.78 is 29.1. The van der Waals surface area contributed by atoms with Crippen molar-refractivity contribution in [3.63, 3.8) is 0 Å². The van der Waals surface area contributed by atoms with Crippen LogP contribution in [0.2, 0.25) is 0 Å². The van der Waals surface area contributed by atoms with E-state index in [1.807, 2.05) is 6.92 Å². The van der Waals surface area contributed by atoms with E-state index >= 15 is 0 Å². The summed E-state index contributed by atoms with van der Waals surface area (Å²) in [5.41, 5.74) is 0.299. The van der Waals surface area contributed by atoms with Crippen LogP contribution in [0.25, 0.3) is 0 Å². The van der Waals surface area contributed by atoms with Gasteiger partial charge in [-0.3, -0.25) is 4.55 Å². The van der Waals surface area contributed by atoms with Crippen LogP contribution >= 0.6 is 0 Å². The zero-order chi connectivity index (χ0) is 11.9. The first-order valence-electron chi connectivity index (χ1n) is 4.74. The summed E-state index contributed by atoms with van der Waals surface area (Å²) in [6.45, 7) is 1.87. The minimum Gasteiger partial charge on any atom is -0.478 e. The number of carboxylic acids is 1. The molecule has 15 heavy (non-hydrogen) atoms. The fourth-order valence-electron chi connectivity index (χ4n) is 1.11. The number of unbranched alkanes of at least 4 members (excludes halogenated alkanes) is 1. The van der Waals surface area contributed by atoms with Crippen LogP contribution in [0.4, 0.5) is 0 Å². The molecule has 88 valence electrons. The number of carbonyl (C=O) groups is 1. The maximum absolute atomic E-state index is 10.6. The maximum atomic E-state index is 10.6. The SMILES string of the molecule is CCCC(=CCCCS(=O)(=O)O)C(=O)O. The molecule has 0 aromatic rings. The predicted octanol–water partition coefficient (Wildman–Crippen LogP) is 1.47. The summed E-state index contributed by atoms with van der Waals surface area (Å²) in [5, 5.41) is 8.73. The Morgan fingerprint density at radius 2 is 2.00 bits per heavy atom. The standard InChI is InChI=1S/C9H16O5S/c1-2-5-8(9(10)11)6-3-4-7-15(12,13)14/h6H,2-5,7H2,1H3,(H,10,11)(H,12,13,14). The quantitative estimate of drug-likeness (QED) is 0.396. The van der Waals surface area contributed by atoms with Crippen LogP contribution in [0.1, 0.15) is 32.6 Å². The summed E-state index contributed by atoms with van der Waals surface area (Å²) in [7, 11) is -3.93. The Kier molecular flexibility index (Phi) is 6.19. The zero-order valence-electron chi connectivity index (χ0n) is 8.64. The predicted molar refractivity (Wildman–Crippen MR) is 56.3 cm³/mol. The number of rotatable bonds is 7. The van der Waals surface area contributed by atoms with E-state index in [0.717, 1.165) is 6.42 Å². The van der Waals surface area contributed by atoms with Gasteiger partial charge in [0.05, 0.1) is 5.75 Å². The molecule has 0 radical (unpaired) electrons. The van der Waals surface area contributed by atoms with E-state index in [0.29, 0.717) is 18.4 Å². The van der Waals surface area contributed by atoms with Crippen LogP contribution < -0.4 is 0 Å². The molecule has 0 aliphatic carbocycles. The van der Waals surface area contributed by atoms with E-state index in [2.05, 4.69) is 0 Å². The van der Waals surface area contributed by atoms with Crippen LogP contribution in [0, 0.1) is 0 Å². The topological polar surface area (TPSA) is 91.7 Å². The molecule has 2 N–H and O–H groups in total. The van der Waals surface area contributed by atoms with Gasteiger partial charge in [0.25, 0.3) is 10.1 Å². The van der Waals surface area contributed by atoms with Crippen LogP contribution in [-0.2, 0) is 14.9 Å². The van der Waals surface area contributed by atoms with Gasteiger partial charge in [0.15, 0.2) is 0 Å². The highest BCUT2D eigenvalue weighted by atomic mass is 32.2. The third-order valence-corrected chi connectivity index (χ3v) is 2.60. The van der Waals surface area contributed by atoms with Crippen molar-refractivity contribution in [1.29, 1.82) is 0 Å². The Balaban J connectivity index is 4.07. The molecule has 0 aromatic heterocycles. The summed E-state index contributed by atoms with van der Waals surface area (Å²) in [6, 6.07) is 0. The molecule has 0 heterocycles. The van der Waals surface area contributed by atoms with Gasteiger partial charge in [-0.05, 0) is 19.3 Å². The first-order chi connectivity index (χ1) is 6.87. The Morgan fingerprint density at radius 3 is 2.40 bits per heavy atom. The lowest BCUT2D eigenvalue weighted by molar-refractivity contribution is -0.132. The van der Waals surface area contributed by atoms with E-state index in [4.69, 9.17) is 9.66 Å². The molecule has 0 spiro atoms. The molecule has 0 rings (SSSR count). The lowest BCUT2D eigenvalue weighted by Crippen LogP contribution is -2.04. The Morgan fingerprint density at radius 1 is 1.40 bits per heavy atom. The number of hydrogen-bond donors (Lipinski definition) is 2. The van der Waals surface area contributed by atoms with E-state index in [1.165, 1.54) is 6.08 Å². The van der Waals surface area contributed by atoms with Crippen molar-refractivity contribution < 1.29 is 22.9 Å². The molecule has 0 aromatic carbocycles. The molecule has 0 fully saturated rings. The monoisotopic (exact) mass is 236 g/mol. The molecule has 0 aliphatic rings. The minimum atomic E-state index is -3.93. The molecule has 5 nitrogen and oxygen atoms in total. The van der Waals surface area contributed by atoms with Crippen LogP contribution in [0.3, 0.4) is 0 Å². The third kappa shape index (κ3) is 8.14. The van der Waals surface area contributed by atoms with Gasteiger partial charge in [-0.1, -0.05) is 19.4 Å². The first-order valence-corrected chi connectivity index (χ1v) is 6.35. The van der Waals surface area contributed by atoms with Crippen LogP contribution in [0.5, 0.6) is 0 Å². The summed E-state index contributed by atoms with van der Waals surface area (Å²) in [4.78, 5) is 10.6. The van der Waals surface area contributed by atoms with Crippen molar-refractivity contribution >= 4 is 16.1 Å². The molecule has 0 atom stereocenters. The molecular formula is C9H16O5S. The Labute approximate surface area is 89.6 Å². The fourth-order valence-corrected chi connectivity index (χ4v) is 1.64. The summed E-state index contributed by atoms with van der Waals surface area (Å²) in [5.74, 6) is -1.30. The van der Waals surface area contributed by atoms with Crippen LogP contribution in [0.15, 0.2) is 11.6 Å². The molecule has 0 unspecified atom stereocenters. The highest BCUT2D eigenvalue weighted by molar-refractivity contribution is 7.85. The normalized spacial score (nSPS) is 12.8. The average molecular weight is 236 g/mol. The van der Waals surface area contributed by atoms with Crippen molar-refractivity contribution in [1.82, 2.24) is 0 Å². The largest absolute Gasteiger partial charge is 0.478 e. The van der Waals surface area contributed by atoms with Crippen molar-refractivity contribution in [2.24, 2.45) is 0 Å². The number of hydrogen-bond acceptors (Lipinski definition) is 3. The van der Waals surface area contributed by atoms with E-state index in [1.54, 1.807) is 0 Å². The van der Waals surface area contributed by atoms with Gasteiger partial charge in [0.2, 0.25) is 0 Å². The van der Waals surface area contributed by atoms with Gasteiger partial charge < -0.3 is 5.11 Å². The van der Waals surface area contributed by atoms with Crippen molar-refractivity contribution in [3.8, 4) is 0 Å². The van der Waals surface area contributed by atoms with Crippen LogP contribution in [-0.4, -0.2) is 29.8 Å².